The van der Waals surface area contributed by atoms with Gasteiger partial charge in [0.25, 0.3) is 0 Å². The molecule has 2 rings (SSSR count). The molecule has 0 unspecified atom stereocenters. The third kappa shape index (κ3) is 4.27. The zero-order chi connectivity index (χ0) is 13.9. The van der Waals surface area contributed by atoms with Gasteiger partial charge in [-0.2, -0.15) is 0 Å². The molecule has 0 heterocycles. The van der Waals surface area contributed by atoms with Gasteiger partial charge in [-0.3, -0.25) is 0 Å². The van der Waals surface area contributed by atoms with Crippen molar-refractivity contribution >= 4 is 11.7 Å². The Kier molecular flexibility index (Phi) is 4.13. The summed E-state index contributed by atoms with van der Waals surface area (Å²) in [7, 11) is 0. The van der Waals surface area contributed by atoms with Crippen LogP contribution in [-0.4, -0.2) is 12.6 Å². The molecule has 0 saturated carbocycles. The number of benzene rings is 1. The second kappa shape index (κ2) is 5.64. The molecule has 0 saturated heterocycles. The summed E-state index contributed by atoms with van der Waals surface area (Å²) in [5.41, 5.74) is 3.96. The van der Waals surface area contributed by atoms with Gasteiger partial charge in [0.15, 0.2) is 0 Å². The smallest absolute Gasteiger partial charge is 0.319 e. The van der Waals surface area contributed by atoms with Crippen molar-refractivity contribution < 1.29 is 4.79 Å². The fourth-order valence-corrected chi connectivity index (χ4v) is 2.38. The first-order valence-corrected chi connectivity index (χ1v) is 7.11. The van der Waals surface area contributed by atoms with Gasteiger partial charge in [-0.15, -0.1) is 0 Å². The van der Waals surface area contributed by atoms with E-state index < -0.39 is 0 Å². The van der Waals surface area contributed by atoms with Gasteiger partial charge in [0, 0.05) is 12.2 Å². The lowest BCUT2D eigenvalue weighted by atomic mass is 9.92. The first-order chi connectivity index (χ1) is 8.94. The fraction of sp³-hybridized carbons (Fsp3) is 0.562. The summed E-state index contributed by atoms with van der Waals surface area (Å²) in [6, 6.07) is 6.12. The highest BCUT2D eigenvalue weighted by Crippen LogP contribution is 2.24. The highest BCUT2D eigenvalue weighted by atomic mass is 16.2. The lowest BCUT2D eigenvalue weighted by Crippen LogP contribution is -2.31. The number of aryl methyl sites for hydroxylation is 2. The minimum Gasteiger partial charge on any atom is -0.338 e. The monoisotopic (exact) mass is 260 g/mol. The van der Waals surface area contributed by atoms with Crippen molar-refractivity contribution in [3.63, 3.8) is 0 Å². The summed E-state index contributed by atoms with van der Waals surface area (Å²) in [6.45, 7) is 7.23. The van der Waals surface area contributed by atoms with Gasteiger partial charge in [0.1, 0.15) is 0 Å². The number of hydrogen-bond acceptors (Lipinski definition) is 1. The Morgan fingerprint density at radius 1 is 1.21 bits per heavy atom. The molecular weight excluding hydrogens is 236 g/mol. The van der Waals surface area contributed by atoms with Crippen molar-refractivity contribution in [2.45, 2.75) is 46.5 Å². The largest absolute Gasteiger partial charge is 0.338 e. The Labute approximate surface area is 115 Å². The third-order valence-corrected chi connectivity index (χ3v) is 3.52. The number of fused-ring (bicyclic) bond motifs is 1. The summed E-state index contributed by atoms with van der Waals surface area (Å²) in [4.78, 5) is 11.8. The van der Waals surface area contributed by atoms with Crippen molar-refractivity contribution in [3.05, 3.63) is 29.3 Å². The minimum absolute atomic E-state index is 0.109. The van der Waals surface area contributed by atoms with Gasteiger partial charge in [-0.25, -0.2) is 4.79 Å². The first kappa shape index (κ1) is 13.9. The molecule has 3 heteroatoms. The molecule has 1 aromatic carbocycles. The molecule has 0 aliphatic heterocycles. The van der Waals surface area contributed by atoms with Crippen molar-refractivity contribution in [1.29, 1.82) is 0 Å². The van der Waals surface area contributed by atoms with E-state index in [1.807, 2.05) is 6.07 Å². The molecule has 0 spiro atoms. The van der Waals surface area contributed by atoms with E-state index in [-0.39, 0.29) is 11.4 Å². The molecular formula is C16H24N2O. The number of rotatable bonds is 3. The van der Waals surface area contributed by atoms with Crippen LogP contribution in [0.2, 0.25) is 0 Å². The summed E-state index contributed by atoms with van der Waals surface area (Å²) >= 11 is 0. The van der Waals surface area contributed by atoms with Crippen molar-refractivity contribution in [2.75, 3.05) is 11.9 Å². The van der Waals surface area contributed by atoms with Crippen LogP contribution in [0.1, 0.15) is 44.7 Å². The van der Waals surface area contributed by atoms with Crippen molar-refractivity contribution in [3.8, 4) is 0 Å². The Balaban J connectivity index is 1.82. The van der Waals surface area contributed by atoms with Crippen LogP contribution < -0.4 is 10.6 Å². The number of anilines is 1. The summed E-state index contributed by atoms with van der Waals surface area (Å²) in [5.74, 6) is 0. The van der Waals surface area contributed by atoms with Crippen LogP contribution in [0.5, 0.6) is 0 Å². The van der Waals surface area contributed by atoms with E-state index in [4.69, 9.17) is 0 Å². The van der Waals surface area contributed by atoms with Crippen LogP contribution >= 0.6 is 0 Å². The third-order valence-electron chi connectivity index (χ3n) is 3.52. The zero-order valence-electron chi connectivity index (χ0n) is 12.2. The van der Waals surface area contributed by atoms with Crippen LogP contribution in [0.25, 0.3) is 0 Å². The molecule has 1 aliphatic rings. The number of hydrogen-bond donors (Lipinski definition) is 2. The molecule has 0 fully saturated rings. The lowest BCUT2D eigenvalue weighted by molar-refractivity contribution is 0.250. The maximum absolute atomic E-state index is 11.8. The van der Waals surface area contributed by atoms with E-state index >= 15 is 0 Å². The van der Waals surface area contributed by atoms with E-state index in [0.29, 0.717) is 6.54 Å². The molecule has 1 aliphatic carbocycles. The molecule has 19 heavy (non-hydrogen) atoms. The topological polar surface area (TPSA) is 41.1 Å². The van der Waals surface area contributed by atoms with E-state index in [1.54, 1.807) is 0 Å². The van der Waals surface area contributed by atoms with Crippen LogP contribution in [0.15, 0.2) is 18.2 Å². The normalized spacial score (nSPS) is 14.1. The van der Waals surface area contributed by atoms with Crippen LogP contribution in [0.4, 0.5) is 10.5 Å². The highest BCUT2D eigenvalue weighted by Gasteiger charge is 2.12. The number of amides is 2. The Bertz CT molecular complexity index is 460. The van der Waals surface area contributed by atoms with Crippen LogP contribution in [0, 0.1) is 5.41 Å². The van der Waals surface area contributed by atoms with Gasteiger partial charge >= 0.3 is 6.03 Å². The SMILES string of the molecule is CC(C)(C)CCNC(=O)Nc1ccc2c(c1)CCC2. The molecule has 0 radical (unpaired) electrons. The molecule has 104 valence electrons. The molecule has 2 amide bonds. The molecule has 0 bridgehead atoms. The lowest BCUT2D eigenvalue weighted by Gasteiger charge is -2.18. The first-order valence-electron chi connectivity index (χ1n) is 7.11. The van der Waals surface area contributed by atoms with Crippen molar-refractivity contribution in [1.82, 2.24) is 5.32 Å². The number of nitrogens with one attached hydrogen (secondary N) is 2. The number of urea groups is 1. The molecule has 3 nitrogen and oxygen atoms in total. The Morgan fingerprint density at radius 3 is 2.68 bits per heavy atom. The quantitative estimate of drug-likeness (QED) is 0.854. The van der Waals surface area contributed by atoms with Gasteiger partial charge in [-0.1, -0.05) is 26.8 Å². The van der Waals surface area contributed by atoms with Gasteiger partial charge < -0.3 is 10.6 Å². The molecule has 0 aromatic heterocycles. The highest BCUT2D eigenvalue weighted by molar-refractivity contribution is 5.89. The maximum Gasteiger partial charge on any atom is 0.319 e. The van der Waals surface area contributed by atoms with E-state index in [0.717, 1.165) is 18.5 Å². The second-order valence-electron chi connectivity index (χ2n) is 6.53. The standard InChI is InChI=1S/C16H24N2O/c1-16(2,3)9-10-17-15(19)18-14-8-7-12-5-4-6-13(12)11-14/h7-8,11H,4-6,9-10H2,1-3H3,(H2,17,18,19). The number of carbonyl (C=O) groups is 1. The maximum atomic E-state index is 11.8. The Morgan fingerprint density at radius 2 is 1.95 bits per heavy atom. The number of carbonyl (C=O) groups excluding carboxylic acids is 1. The van der Waals surface area contributed by atoms with Gasteiger partial charge in [-0.05, 0) is 54.4 Å². The minimum atomic E-state index is -0.109. The average molecular weight is 260 g/mol. The zero-order valence-corrected chi connectivity index (χ0v) is 12.2. The van der Waals surface area contributed by atoms with E-state index in [9.17, 15) is 4.79 Å². The summed E-state index contributed by atoms with van der Waals surface area (Å²) in [6.07, 6.45) is 4.52. The summed E-state index contributed by atoms with van der Waals surface area (Å²) in [5, 5.41) is 5.81. The van der Waals surface area contributed by atoms with E-state index in [1.165, 1.54) is 24.0 Å². The molecule has 0 atom stereocenters. The average Bonchev–Trinajstić information content (AvgIpc) is 2.74. The predicted octanol–water partition coefficient (Wildman–Crippen LogP) is 3.73. The fourth-order valence-electron chi connectivity index (χ4n) is 2.38. The predicted molar refractivity (Wildman–Crippen MR) is 79.6 cm³/mol. The Hall–Kier alpha value is -1.51. The molecule has 2 N–H and O–H groups in total. The van der Waals surface area contributed by atoms with Gasteiger partial charge in [0.2, 0.25) is 0 Å². The van der Waals surface area contributed by atoms with E-state index in [2.05, 4.69) is 43.5 Å². The molecule has 1 aromatic rings. The summed E-state index contributed by atoms with van der Waals surface area (Å²) < 4.78 is 0. The van der Waals surface area contributed by atoms with Crippen LogP contribution in [0.3, 0.4) is 0 Å². The van der Waals surface area contributed by atoms with Crippen LogP contribution in [-0.2, 0) is 12.8 Å². The van der Waals surface area contributed by atoms with Gasteiger partial charge in [0.05, 0.1) is 0 Å². The second-order valence-corrected chi connectivity index (χ2v) is 6.53. The van der Waals surface area contributed by atoms with Crippen molar-refractivity contribution in [2.24, 2.45) is 5.41 Å².